The molecule has 1 aromatic carbocycles. The molecule has 174 valence electrons. The Hall–Kier alpha value is -3.74. The minimum atomic E-state index is 0.240. The molecule has 3 aromatic heterocycles. The van der Waals surface area contributed by atoms with Gasteiger partial charge in [0.2, 0.25) is 0 Å². The minimum absolute atomic E-state index is 0.240. The van der Waals surface area contributed by atoms with Crippen molar-refractivity contribution in [1.29, 1.82) is 0 Å². The first kappa shape index (κ1) is 22.1. The second-order valence-electron chi connectivity index (χ2n) is 8.95. The summed E-state index contributed by atoms with van der Waals surface area (Å²) in [6.07, 6.45) is 10.5. The molecule has 0 radical (unpaired) electrons. The molecule has 0 fully saturated rings. The Balaban J connectivity index is 1.62. The Morgan fingerprint density at radius 3 is 2.59 bits per heavy atom. The van der Waals surface area contributed by atoms with E-state index in [0.29, 0.717) is 6.54 Å². The lowest BCUT2D eigenvalue weighted by molar-refractivity contribution is 0.414. The van der Waals surface area contributed by atoms with Gasteiger partial charge in [0.05, 0.1) is 30.3 Å². The third-order valence-corrected chi connectivity index (χ3v) is 6.06. The molecule has 0 bridgehead atoms. The molecule has 0 spiro atoms. The van der Waals surface area contributed by atoms with Crippen LogP contribution in [-0.2, 0) is 6.54 Å². The van der Waals surface area contributed by atoms with Gasteiger partial charge in [-0.3, -0.25) is 4.68 Å². The highest BCUT2D eigenvalue weighted by Gasteiger charge is 2.20. The minimum Gasteiger partial charge on any atom is -0.497 e. The number of nitrogens with one attached hydrogen (secondary N) is 1. The number of rotatable bonds is 7. The van der Waals surface area contributed by atoms with Gasteiger partial charge in [0.25, 0.3) is 0 Å². The van der Waals surface area contributed by atoms with Crippen LogP contribution in [-0.4, -0.2) is 37.9 Å². The summed E-state index contributed by atoms with van der Waals surface area (Å²) in [5.74, 6) is 2.46. The lowest BCUT2D eigenvalue weighted by Crippen LogP contribution is -2.11. The number of aromatic nitrogens is 5. The molecular weight excluding hydrogens is 424 g/mol. The van der Waals surface area contributed by atoms with Crippen molar-refractivity contribution in [2.45, 2.75) is 52.1 Å². The molecule has 3 heterocycles. The number of allylic oxidation sites excluding steroid dienone is 2. The summed E-state index contributed by atoms with van der Waals surface area (Å²) in [5, 5.41) is 9.52. The van der Waals surface area contributed by atoms with Crippen LogP contribution < -0.4 is 10.1 Å². The fourth-order valence-electron chi connectivity index (χ4n) is 4.40. The van der Waals surface area contributed by atoms with E-state index < -0.39 is 0 Å². The number of hydrogen-bond acceptors (Lipinski definition) is 6. The Morgan fingerprint density at radius 2 is 1.85 bits per heavy atom. The molecule has 0 saturated heterocycles. The van der Waals surface area contributed by atoms with Crippen molar-refractivity contribution < 1.29 is 4.74 Å². The van der Waals surface area contributed by atoms with E-state index in [1.54, 1.807) is 7.11 Å². The van der Waals surface area contributed by atoms with Gasteiger partial charge in [-0.15, -0.1) is 0 Å². The number of anilines is 1. The van der Waals surface area contributed by atoms with E-state index >= 15 is 0 Å². The molecule has 4 aromatic rings. The van der Waals surface area contributed by atoms with Gasteiger partial charge in [-0.25, -0.2) is 15.0 Å². The second-order valence-corrected chi connectivity index (χ2v) is 8.95. The highest BCUT2D eigenvalue weighted by Crippen LogP contribution is 2.33. The quantitative estimate of drug-likeness (QED) is 0.385. The maximum Gasteiger partial charge on any atom is 0.155 e. The maximum absolute atomic E-state index is 5.31. The highest BCUT2D eigenvalue weighted by atomic mass is 16.5. The number of methoxy groups -OCH3 is 1. The predicted octanol–water partition coefficient (Wildman–Crippen LogP) is 5.72. The Labute approximate surface area is 199 Å². The van der Waals surface area contributed by atoms with Crippen LogP contribution in [0.1, 0.15) is 50.9 Å². The third kappa shape index (κ3) is 4.51. The van der Waals surface area contributed by atoms with Crippen LogP contribution >= 0.6 is 0 Å². The fourth-order valence-corrected chi connectivity index (χ4v) is 4.40. The van der Waals surface area contributed by atoms with Crippen molar-refractivity contribution in [3.63, 3.8) is 0 Å². The normalized spacial score (nSPS) is 13.8. The average molecular weight is 455 g/mol. The van der Waals surface area contributed by atoms with Crippen LogP contribution in [0.25, 0.3) is 27.9 Å². The molecule has 0 atom stereocenters. The van der Waals surface area contributed by atoms with E-state index in [1.165, 1.54) is 18.4 Å². The fraction of sp³-hybridized carbons (Fsp3) is 0.333. The molecule has 1 N–H and O–H groups in total. The van der Waals surface area contributed by atoms with E-state index in [9.17, 15) is 0 Å². The summed E-state index contributed by atoms with van der Waals surface area (Å²) in [7, 11) is 1.68. The summed E-state index contributed by atoms with van der Waals surface area (Å²) in [6, 6.07) is 12.3. The summed E-state index contributed by atoms with van der Waals surface area (Å²) in [4.78, 5) is 14.2. The molecule has 0 aliphatic heterocycles. The van der Waals surface area contributed by atoms with Crippen LogP contribution in [0.5, 0.6) is 5.75 Å². The number of fused-ring (bicyclic) bond motifs is 1. The molecule has 1 aliphatic rings. The molecule has 0 unspecified atom stereocenters. The largest absolute Gasteiger partial charge is 0.497 e. The molecule has 34 heavy (non-hydrogen) atoms. The van der Waals surface area contributed by atoms with Crippen LogP contribution in [0.4, 0.5) is 5.82 Å². The summed E-state index contributed by atoms with van der Waals surface area (Å²) in [5.41, 5.74) is 5.02. The van der Waals surface area contributed by atoms with Crippen LogP contribution in [0, 0.1) is 0 Å². The topological polar surface area (TPSA) is 77.8 Å². The molecule has 1 aliphatic carbocycles. The molecule has 0 saturated carbocycles. The average Bonchev–Trinajstić information content (AvgIpc) is 3.24. The highest BCUT2D eigenvalue weighted by molar-refractivity contribution is 6.00. The van der Waals surface area contributed by atoms with E-state index in [2.05, 4.69) is 47.3 Å². The molecule has 7 heteroatoms. The van der Waals surface area contributed by atoms with Crippen LogP contribution in [0.2, 0.25) is 0 Å². The second kappa shape index (κ2) is 9.63. The van der Waals surface area contributed by atoms with Crippen LogP contribution in [0.3, 0.4) is 0 Å². The van der Waals surface area contributed by atoms with Crippen molar-refractivity contribution in [3.8, 4) is 17.1 Å². The van der Waals surface area contributed by atoms with Crippen molar-refractivity contribution in [3.05, 3.63) is 66.3 Å². The lowest BCUT2D eigenvalue weighted by Gasteiger charge is -2.12. The van der Waals surface area contributed by atoms with Gasteiger partial charge in [-0.1, -0.05) is 18.2 Å². The van der Waals surface area contributed by atoms with Gasteiger partial charge in [0.1, 0.15) is 17.3 Å². The lowest BCUT2D eigenvalue weighted by atomic mass is 9.99. The third-order valence-electron chi connectivity index (χ3n) is 6.06. The zero-order valence-corrected chi connectivity index (χ0v) is 20.0. The first-order valence-corrected chi connectivity index (χ1v) is 11.9. The smallest absolute Gasteiger partial charge is 0.155 e. The summed E-state index contributed by atoms with van der Waals surface area (Å²) < 4.78 is 7.34. The molecule has 0 amide bonds. The zero-order valence-electron chi connectivity index (χ0n) is 20.0. The standard InChI is InChI=1S/C27H30N6O/c1-18(2)30-27-24-23(14-16-29-27)33(17-19-9-11-21(34-3)12-10-19)32-25(24)22-13-15-28-26(31-22)20-7-5-4-6-8-20/h7,9-16,18H,4-6,8,17H2,1-3H3,(H,29,30). The summed E-state index contributed by atoms with van der Waals surface area (Å²) in [6.45, 7) is 4.86. The number of benzene rings is 1. The molecule has 5 rings (SSSR count). The number of pyridine rings is 1. The monoisotopic (exact) mass is 454 g/mol. The van der Waals surface area contributed by atoms with Crippen molar-refractivity contribution in [2.75, 3.05) is 12.4 Å². The Kier molecular flexibility index (Phi) is 6.25. The van der Waals surface area contributed by atoms with Gasteiger partial charge in [0, 0.05) is 18.4 Å². The van der Waals surface area contributed by atoms with E-state index in [-0.39, 0.29) is 6.04 Å². The van der Waals surface area contributed by atoms with E-state index in [1.807, 2.05) is 41.3 Å². The van der Waals surface area contributed by atoms with Gasteiger partial charge in [-0.05, 0) is 74.9 Å². The zero-order chi connectivity index (χ0) is 23.5. The Bertz CT molecular complexity index is 1320. The number of ether oxygens (including phenoxy) is 1. The van der Waals surface area contributed by atoms with Gasteiger partial charge in [-0.2, -0.15) is 5.10 Å². The first-order chi connectivity index (χ1) is 16.6. The number of nitrogens with zero attached hydrogens (tertiary/aromatic N) is 5. The van der Waals surface area contributed by atoms with Crippen molar-refractivity contribution in [2.24, 2.45) is 0 Å². The van der Waals surface area contributed by atoms with Gasteiger partial charge in [0.15, 0.2) is 5.82 Å². The summed E-state index contributed by atoms with van der Waals surface area (Å²) >= 11 is 0. The number of hydrogen-bond donors (Lipinski definition) is 1. The van der Waals surface area contributed by atoms with Crippen molar-refractivity contribution >= 4 is 22.3 Å². The maximum atomic E-state index is 5.31. The van der Waals surface area contributed by atoms with Crippen molar-refractivity contribution in [1.82, 2.24) is 24.7 Å². The Morgan fingerprint density at radius 1 is 1.03 bits per heavy atom. The SMILES string of the molecule is COc1ccc(Cn2nc(-c3ccnc(C4=CCCCC4)n3)c3c(NC(C)C)nccc32)cc1. The first-order valence-electron chi connectivity index (χ1n) is 11.9. The predicted molar refractivity (Wildman–Crippen MR) is 136 cm³/mol. The van der Waals surface area contributed by atoms with E-state index in [4.69, 9.17) is 14.8 Å². The molecular formula is C27H30N6O. The van der Waals surface area contributed by atoms with Gasteiger partial charge < -0.3 is 10.1 Å². The van der Waals surface area contributed by atoms with Gasteiger partial charge >= 0.3 is 0 Å². The molecule has 7 nitrogen and oxygen atoms in total. The van der Waals surface area contributed by atoms with E-state index in [0.717, 1.165) is 58.1 Å². The van der Waals surface area contributed by atoms with Crippen LogP contribution in [0.15, 0.2) is 54.9 Å².